The SMILES string of the molecule is CC(C)(C)OC(=O)N1CCC(c2ccc(OCc3ccccc3)cc2)C(CO)C1. The van der Waals surface area contributed by atoms with Crippen molar-refractivity contribution >= 4 is 6.09 Å². The van der Waals surface area contributed by atoms with E-state index in [1.54, 1.807) is 4.90 Å². The van der Waals surface area contributed by atoms with E-state index < -0.39 is 5.60 Å². The van der Waals surface area contributed by atoms with Crippen molar-refractivity contribution in [1.29, 1.82) is 0 Å². The van der Waals surface area contributed by atoms with Crippen molar-refractivity contribution in [1.82, 2.24) is 4.90 Å². The Morgan fingerprint density at radius 2 is 1.79 bits per heavy atom. The van der Waals surface area contributed by atoms with Crippen LogP contribution in [-0.4, -0.2) is 41.4 Å². The second-order valence-corrected chi connectivity index (χ2v) is 8.61. The molecule has 1 aliphatic heterocycles. The smallest absolute Gasteiger partial charge is 0.410 e. The summed E-state index contributed by atoms with van der Waals surface area (Å²) in [7, 11) is 0. The average molecular weight is 398 g/mol. The lowest BCUT2D eigenvalue weighted by Gasteiger charge is -2.38. The van der Waals surface area contributed by atoms with Gasteiger partial charge in [0.2, 0.25) is 0 Å². The van der Waals surface area contributed by atoms with Gasteiger partial charge in [-0.25, -0.2) is 4.79 Å². The molecule has 0 radical (unpaired) electrons. The van der Waals surface area contributed by atoms with Gasteiger partial charge < -0.3 is 19.5 Å². The van der Waals surface area contributed by atoms with Crippen molar-refractivity contribution in [3.05, 3.63) is 65.7 Å². The Morgan fingerprint density at radius 3 is 2.41 bits per heavy atom. The van der Waals surface area contributed by atoms with Crippen molar-refractivity contribution in [2.24, 2.45) is 5.92 Å². The minimum absolute atomic E-state index is 0.00708. The summed E-state index contributed by atoms with van der Waals surface area (Å²) in [5.41, 5.74) is 1.78. The van der Waals surface area contributed by atoms with Crippen LogP contribution in [0.1, 0.15) is 44.2 Å². The van der Waals surface area contributed by atoms with Crippen molar-refractivity contribution in [3.8, 4) is 5.75 Å². The van der Waals surface area contributed by atoms with Crippen LogP contribution in [-0.2, 0) is 11.3 Å². The monoisotopic (exact) mass is 397 g/mol. The highest BCUT2D eigenvalue weighted by Gasteiger charge is 2.33. The Labute approximate surface area is 173 Å². The third kappa shape index (κ3) is 5.97. The standard InChI is InChI=1S/C24H31NO4/c1-24(2,3)29-23(27)25-14-13-22(20(15-25)16-26)19-9-11-21(12-10-19)28-17-18-7-5-4-6-8-18/h4-12,20,22,26H,13-17H2,1-3H3. The van der Waals surface area contributed by atoms with Crippen LogP contribution in [0.4, 0.5) is 4.79 Å². The molecule has 2 unspecified atom stereocenters. The van der Waals surface area contributed by atoms with Gasteiger partial charge in [-0.2, -0.15) is 0 Å². The predicted molar refractivity (Wildman–Crippen MR) is 113 cm³/mol. The Kier molecular flexibility index (Phi) is 6.80. The topological polar surface area (TPSA) is 59.0 Å². The number of amides is 1. The Bertz CT molecular complexity index is 783. The summed E-state index contributed by atoms with van der Waals surface area (Å²) in [6, 6.07) is 18.2. The third-order valence-corrected chi connectivity index (χ3v) is 5.18. The van der Waals surface area contributed by atoms with Gasteiger partial charge in [-0.05, 0) is 56.4 Å². The van der Waals surface area contributed by atoms with Gasteiger partial charge >= 0.3 is 6.09 Å². The lowest BCUT2D eigenvalue weighted by Crippen LogP contribution is -2.46. The fourth-order valence-corrected chi connectivity index (χ4v) is 3.70. The van der Waals surface area contributed by atoms with Gasteiger partial charge in [0.25, 0.3) is 0 Å². The molecule has 1 aliphatic rings. The highest BCUT2D eigenvalue weighted by Crippen LogP contribution is 2.34. The zero-order valence-corrected chi connectivity index (χ0v) is 17.5. The fourth-order valence-electron chi connectivity index (χ4n) is 3.70. The maximum Gasteiger partial charge on any atom is 0.410 e. The van der Waals surface area contributed by atoms with Gasteiger partial charge in [0.05, 0.1) is 0 Å². The molecule has 1 heterocycles. The minimum Gasteiger partial charge on any atom is -0.489 e. The summed E-state index contributed by atoms with van der Waals surface area (Å²) in [6.45, 7) is 7.29. The first-order chi connectivity index (χ1) is 13.9. The molecule has 1 N–H and O–H groups in total. The van der Waals surface area contributed by atoms with Crippen molar-refractivity contribution < 1.29 is 19.4 Å². The molecule has 2 aromatic rings. The zero-order chi connectivity index (χ0) is 20.9. The van der Waals surface area contributed by atoms with E-state index in [0.29, 0.717) is 19.7 Å². The molecule has 0 bridgehead atoms. The molecule has 29 heavy (non-hydrogen) atoms. The quantitative estimate of drug-likeness (QED) is 0.801. The second kappa shape index (κ2) is 9.31. The molecule has 0 aromatic heterocycles. The van der Waals surface area contributed by atoms with Gasteiger partial charge in [-0.1, -0.05) is 42.5 Å². The first-order valence-electron chi connectivity index (χ1n) is 10.2. The Balaban J connectivity index is 1.59. The number of carbonyl (C=O) groups is 1. The number of nitrogens with zero attached hydrogens (tertiary/aromatic N) is 1. The minimum atomic E-state index is -0.516. The number of likely N-dealkylation sites (tertiary alicyclic amines) is 1. The molecule has 0 aliphatic carbocycles. The van der Waals surface area contributed by atoms with Crippen LogP contribution in [0.15, 0.2) is 54.6 Å². The third-order valence-electron chi connectivity index (χ3n) is 5.18. The number of ether oxygens (including phenoxy) is 2. The highest BCUT2D eigenvalue weighted by molar-refractivity contribution is 5.68. The Hall–Kier alpha value is -2.53. The summed E-state index contributed by atoms with van der Waals surface area (Å²) in [4.78, 5) is 14.1. The molecule has 2 atom stereocenters. The van der Waals surface area contributed by atoms with E-state index in [4.69, 9.17) is 9.47 Å². The van der Waals surface area contributed by atoms with Crippen LogP contribution in [0, 0.1) is 5.92 Å². The number of aliphatic hydroxyl groups excluding tert-OH is 1. The maximum atomic E-state index is 12.4. The van der Waals surface area contributed by atoms with Crippen LogP contribution < -0.4 is 4.74 Å². The number of piperidine rings is 1. The number of hydrogen-bond acceptors (Lipinski definition) is 4. The largest absolute Gasteiger partial charge is 0.489 e. The van der Waals surface area contributed by atoms with E-state index >= 15 is 0 Å². The maximum absolute atomic E-state index is 12.4. The summed E-state index contributed by atoms with van der Waals surface area (Å²) in [5, 5.41) is 9.92. The van der Waals surface area contributed by atoms with E-state index in [1.165, 1.54) is 5.56 Å². The first kappa shape index (κ1) is 21.2. The van der Waals surface area contributed by atoms with Gasteiger partial charge in [0, 0.05) is 25.6 Å². The van der Waals surface area contributed by atoms with Crippen LogP contribution in [0.2, 0.25) is 0 Å². The molecular formula is C24H31NO4. The van der Waals surface area contributed by atoms with Crippen LogP contribution in [0.3, 0.4) is 0 Å². The summed E-state index contributed by atoms with van der Waals surface area (Å²) in [5.74, 6) is 1.03. The van der Waals surface area contributed by atoms with Crippen LogP contribution in [0.5, 0.6) is 5.75 Å². The summed E-state index contributed by atoms with van der Waals surface area (Å²) in [6.07, 6.45) is 0.494. The number of hydrogen-bond donors (Lipinski definition) is 1. The molecule has 3 rings (SSSR count). The lowest BCUT2D eigenvalue weighted by atomic mass is 9.81. The van der Waals surface area contributed by atoms with Gasteiger partial charge in [0.15, 0.2) is 0 Å². The molecule has 0 spiro atoms. The number of rotatable bonds is 5. The van der Waals surface area contributed by atoms with E-state index in [9.17, 15) is 9.90 Å². The van der Waals surface area contributed by atoms with Crippen molar-refractivity contribution in [2.45, 2.75) is 45.3 Å². The molecule has 1 amide bonds. The molecule has 5 nitrogen and oxygen atoms in total. The molecule has 5 heteroatoms. The zero-order valence-electron chi connectivity index (χ0n) is 17.5. The highest BCUT2D eigenvalue weighted by atomic mass is 16.6. The van der Waals surface area contributed by atoms with E-state index in [1.807, 2.05) is 63.2 Å². The van der Waals surface area contributed by atoms with E-state index in [2.05, 4.69) is 12.1 Å². The second-order valence-electron chi connectivity index (χ2n) is 8.61. The molecule has 0 saturated carbocycles. The van der Waals surface area contributed by atoms with Gasteiger partial charge in [0.1, 0.15) is 18.0 Å². The normalized spacial score (nSPS) is 19.7. The Morgan fingerprint density at radius 1 is 1.10 bits per heavy atom. The average Bonchev–Trinajstić information content (AvgIpc) is 2.71. The van der Waals surface area contributed by atoms with Gasteiger partial charge in [-0.3, -0.25) is 0 Å². The van der Waals surface area contributed by atoms with Crippen LogP contribution in [0.25, 0.3) is 0 Å². The molecule has 156 valence electrons. The van der Waals surface area contributed by atoms with Crippen molar-refractivity contribution in [3.63, 3.8) is 0 Å². The number of benzene rings is 2. The summed E-state index contributed by atoms with van der Waals surface area (Å²) < 4.78 is 11.3. The van der Waals surface area contributed by atoms with E-state index in [0.717, 1.165) is 17.7 Å². The molecule has 1 fully saturated rings. The molecule has 1 saturated heterocycles. The predicted octanol–water partition coefficient (Wildman–Crippen LogP) is 4.60. The lowest BCUT2D eigenvalue weighted by molar-refractivity contribution is 0.0102. The fraction of sp³-hybridized carbons (Fsp3) is 0.458. The van der Waals surface area contributed by atoms with Crippen molar-refractivity contribution in [2.75, 3.05) is 19.7 Å². The van der Waals surface area contributed by atoms with E-state index in [-0.39, 0.29) is 24.5 Å². The number of aliphatic hydroxyl groups is 1. The first-order valence-corrected chi connectivity index (χ1v) is 10.2. The molecule has 2 aromatic carbocycles. The molecular weight excluding hydrogens is 366 g/mol. The van der Waals surface area contributed by atoms with Crippen LogP contribution >= 0.6 is 0 Å². The van der Waals surface area contributed by atoms with Gasteiger partial charge in [-0.15, -0.1) is 0 Å². The summed E-state index contributed by atoms with van der Waals surface area (Å²) >= 11 is 0. The number of carbonyl (C=O) groups excluding carboxylic acids is 1.